The lowest BCUT2D eigenvalue weighted by molar-refractivity contribution is -0.159. The van der Waals surface area contributed by atoms with E-state index < -0.39 is 60.2 Å². The third kappa shape index (κ3) is 6.03. The van der Waals surface area contributed by atoms with Crippen LogP contribution in [0.2, 0.25) is 0 Å². The number of ether oxygens (including phenoxy) is 2. The Morgan fingerprint density at radius 3 is 2.39 bits per heavy atom. The van der Waals surface area contributed by atoms with Crippen LogP contribution in [0.15, 0.2) is 83.4 Å². The largest absolute Gasteiger partial charge is 0.460 e. The molecule has 4 heterocycles. The second kappa shape index (κ2) is 13.5. The number of likely N-dealkylation sites (tertiary alicyclic amines) is 1. The van der Waals surface area contributed by atoms with Gasteiger partial charge >= 0.3 is 5.97 Å². The highest BCUT2D eigenvalue weighted by Gasteiger charge is 2.75. The van der Waals surface area contributed by atoms with Gasteiger partial charge in [0.15, 0.2) is 0 Å². The summed E-state index contributed by atoms with van der Waals surface area (Å²) < 4.78 is 12.9. The molecule has 6 rings (SSSR count). The molecule has 0 aliphatic carbocycles. The number of aliphatic hydroxyl groups excluding tert-OH is 1. The van der Waals surface area contributed by atoms with Crippen LogP contribution in [-0.2, 0) is 41.6 Å². The quantitative estimate of drug-likeness (QED) is 0.353. The zero-order valence-electron chi connectivity index (χ0n) is 25.6. The van der Waals surface area contributed by atoms with E-state index in [0.717, 1.165) is 11.1 Å². The maximum Gasteiger partial charge on any atom is 0.313 e. The Hall–Kier alpha value is -3.80. The van der Waals surface area contributed by atoms with Crippen LogP contribution in [0.5, 0.6) is 0 Å². The number of nitrogens with zero attached hydrogens (tertiary/aromatic N) is 2. The molecule has 2 aromatic rings. The number of halogens is 1. The topological polar surface area (TPSA) is 125 Å². The Morgan fingerprint density at radius 1 is 1.00 bits per heavy atom. The second-order valence-electron chi connectivity index (χ2n) is 12.4. The number of allylic oxidation sites excluding steroid dienone is 1. The molecule has 2 fully saturated rings. The smallest absolute Gasteiger partial charge is 0.313 e. The average Bonchev–Trinajstić information content (AvgIpc) is 3.65. The Bertz CT molecular complexity index is 1530. The molecule has 4 aliphatic rings. The van der Waals surface area contributed by atoms with Gasteiger partial charge in [-0.05, 0) is 37.0 Å². The number of aliphatic hydroxyl groups is 1. The zero-order chi connectivity index (χ0) is 32.4. The molecule has 2 saturated heterocycles. The van der Waals surface area contributed by atoms with Gasteiger partial charge in [-0.25, -0.2) is 0 Å². The van der Waals surface area contributed by atoms with Crippen LogP contribution in [0.1, 0.15) is 30.9 Å². The van der Waals surface area contributed by atoms with Gasteiger partial charge in [0.2, 0.25) is 17.7 Å². The summed E-state index contributed by atoms with van der Waals surface area (Å²) in [6, 6.07) is 17.1. The highest BCUT2D eigenvalue weighted by molar-refractivity contribution is 9.11. The number of carbonyl (C=O) groups excluding carboxylic acids is 4. The summed E-state index contributed by atoms with van der Waals surface area (Å²) in [6.45, 7) is 1.87. The summed E-state index contributed by atoms with van der Waals surface area (Å²) in [7, 11) is 0. The maximum absolute atomic E-state index is 15.0. The number of hydrogen-bond acceptors (Lipinski definition) is 7. The number of carbonyl (C=O) groups is 4. The molecule has 2 aromatic carbocycles. The predicted molar refractivity (Wildman–Crippen MR) is 172 cm³/mol. The molecule has 4 aliphatic heterocycles. The monoisotopic (exact) mass is 691 g/mol. The Balaban J connectivity index is 1.46. The number of benzene rings is 2. The number of rotatable bonds is 6. The molecule has 0 saturated carbocycles. The van der Waals surface area contributed by atoms with E-state index in [1.165, 1.54) is 4.90 Å². The van der Waals surface area contributed by atoms with Crippen molar-refractivity contribution in [1.82, 2.24) is 15.1 Å². The summed E-state index contributed by atoms with van der Waals surface area (Å²) in [5.74, 6) is -3.69. The van der Waals surface area contributed by atoms with Crippen LogP contribution in [0.3, 0.4) is 0 Å². The van der Waals surface area contributed by atoms with E-state index in [1.807, 2.05) is 72.8 Å². The minimum atomic E-state index is -1.46. The van der Waals surface area contributed by atoms with Crippen LogP contribution >= 0.6 is 15.9 Å². The molecule has 7 atom stereocenters. The second-order valence-corrected chi connectivity index (χ2v) is 13.3. The first-order chi connectivity index (χ1) is 22.2. The summed E-state index contributed by atoms with van der Waals surface area (Å²) >= 11 is 3.57. The lowest BCUT2D eigenvalue weighted by atomic mass is 9.74. The first-order valence-corrected chi connectivity index (χ1v) is 16.5. The number of hydrogen-bond donors (Lipinski definition) is 2. The van der Waals surface area contributed by atoms with E-state index >= 15 is 0 Å². The van der Waals surface area contributed by atoms with Crippen molar-refractivity contribution < 1.29 is 33.8 Å². The fraction of sp³-hybridized carbons (Fsp3) is 0.429. The van der Waals surface area contributed by atoms with Gasteiger partial charge < -0.3 is 29.7 Å². The standard InChI is InChI=1S/C35H38BrN3O7/c1-22-19-37-27(41)15-9-4-10-16-38(20-24-13-7-3-8-14-24)33(43)31-35-18-26(36)30(46-35)28(34(44)45-22)29(35)32(42)39(31)25(21-40)17-23-11-5-2-6-12-23/h2-8,10-14,18,22,25,28-31,40H,9,15-17,19-21H2,1H3,(H,37,41)/b10-4-/t22-,25-,28+,29-,30+,31+,35-/m1/s1. The van der Waals surface area contributed by atoms with Crippen molar-refractivity contribution >= 4 is 39.6 Å². The van der Waals surface area contributed by atoms with Gasteiger partial charge in [0, 0.05) is 24.0 Å². The lowest BCUT2D eigenvalue weighted by Crippen LogP contribution is -2.58. The first-order valence-electron chi connectivity index (χ1n) is 15.7. The van der Waals surface area contributed by atoms with Gasteiger partial charge in [-0.1, -0.05) is 88.7 Å². The van der Waals surface area contributed by atoms with E-state index in [-0.39, 0.29) is 37.9 Å². The van der Waals surface area contributed by atoms with E-state index in [4.69, 9.17) is 9.47 Å². The molecule has 46 heavy (non-hydrogen) atoms. The molecule has 2 N–H and O–H groups in total. The fourth-order valence-corrected chi connectivity index (χ4v) is 7.88. The van der Waals surface area contributed by atoms with Crippen LogP contribution in [0.4, 0.5) is 0 Å². The Labute approximate surface area is 276 Å². The third-order valence-electron chi connectivity index (χ3n) is 9.25. The normalized spacial score (nSPS) is 31.3. The SMILES string of the molecule is C[C@@H]1CNC(=O)CC/C=C\CN(Cc2ccccc2)C(=O)[C@@H]2N([C@@H](CO)Cc3ccccc3)C(=O)[C@H]3[C@H](C(=O)O1)[C@H]1O[C@@]23C=C1Br. The molecule has 3 amide bonds. The summed E-state index contributed by atoms with van der Waals surface area (Å²) in [5, 5.41) is 13.6. The molecule has 10 nitrogen and oxygen atoms in total. The molecule has 0 unspecified atom stereocenters. The minimum absolute atomic E-state index is 0.120. The van der Waals surface area contributed by atoms with Gasteiger partial charge in [0.1, 0.15) is 29.8 Å². The third-order valence-corrected chi connectivity index (χ3v) is 9.93. The van der Waals surface area contributed by atoms with Crippen molar-refractivity contribution in [2.75, 3.05) is 19.7 Å². The summed E-state index contributed by atoms with van der Waals surface area (Å²) in [5.41, 5.74) is 0.323. The fourth-order valence-electron chi connectivity index (χ4n) is 7.14. The van der Waals surface area contributed by atoms with Crippen molar-refractivity contribution in [3.05, 3.63) is 94.5 Å². The first kappa shape index (κ1) is 32.2. The van der Waals surface area contributed by atoms with Gasteiger partial charge in [0.05, 0.1) is 25.1 Å². The summed E-state index contributed by atoms with van der Waals surface area (Å²) in [6.07, 6.45) is 5.01. The van der Waals surface area contributed by atoms with E-state index in [9.17, 15) is 24.3 Å². The van der Waals surface area contributed by atoms with Crippen LogP contribution in [-0.4, -0.2) is 88.2 Å². The molecule has 0 radical (unpaired) electrons. The van der Waals surface area contributed by atoms with Gasteiger partial charge in [-0.15, -0.1) is 0 Å². The Morgan fingerprint density at radius 2 is 1.70 bits per heavy atom. The number of cyclic esters (lactones) is 1. The molecule has 5 bridgehead atoms. The lowest BCUT2D eigenvalue weighted by Gasteiger charge is -2.39. The molecular weight excluding hydrogens is 654 g/mol. The van der Waals surface area contributed by atoms with E-state index in [1.54, 1.807) is 17.9 Å². The molecule has 0 aromatic heterocycles. The highest BCUT2D eigenvalue weighted by atomic mass is 79.9. The van der Waals surface area contributed by atoms with Gasteiger partial charge in [0.25, 0.3) is 0 Å². The van der Waals surface area contributed by atoms with E-state index in [0.29, 0.717) is 17.3 Å². The number of esters is 1. The Kier molecular flexibility index (Phi) is 9.44. The van der Waals surface area contributed by atoms with Crippen molar-refractivity contribution in [3.63, 3.8) is 0 Å². The minimum Gasteiger partial charge on any atom is -0.460 e. The van der Waals surface area contributed by atoms with Crippen molar-refractivity contribution in [1.29, 1.82) is 0 Å². The predicted octanol–water partition coefficient (Wildman–Crippen LogP) is 2.89. The van der Waals surface area contributed by atoms with Gasteiger partial charge in [-0.2, -0.15) is 0 Å². The average molecular weight is 693 g/mol. The van der Waals surface area contributed by atoms with Crippen LogP contribution in [0.25, 0.3) is 0 Å². The van der Waals surface area contributed by atoms with Crippen LogP contribution < -0.4 is 5.32 Å². The number of nitrogens with one attached hydrogen (secondary N) is 1. The molecule has 1 spiro atoms. The highest BCUT2D eigenvalue weighted by Crippen LogP contribution is 2.59. The maximum atomic E-state index is 15.0. The zero-order valence-corrected chi connectivity index (χ0v) is 27.2. The molecule has 242 valence electrons. The summed E-state index contributed by atoms with van der Waals surface area (Å²) in [4.78, 5) is 59.0. The van der Waals surface area contributed by atoms with Crippen LogP contribution in [0, 0.1) is 11.8 Å². The molecule has 11 heteroatoms. The molecular formula is C35H38BrN3O7. The van der Waals surface area contributed by atoms with E-state index in [2.05, 4.69) is 21.2 Å². The number of fused-ring (bicyclic) bond motifs is 2. The van der Waals surface area contributed by atoms with Crippen molar-refractivity contribution in [2.45, 2.75) is 62.6 Å². The van der Waals surface area contributed by atoms with Crippen molar-refractivity contribution in [3.8, 4) is 0 Å². The van der Waals surface area contributed by atoms with Gasteiger partial charge in [-0.3, -0.25) is 19.2 Å². The van der Waals surface area contributed by atoms with Crippen molar-refractivity contribution in [2.24, 2.45) is 11.8 Å². The number of amides is 3.